The molecule has 0 atom stereocenters. The van der Waals surface area contributed by atoms with Crippen molar-refractivity contribution in [3.8, 4) is 0 Å². The molecule has 0 spiro atoms. The average Bonchev–Trinajstić information content (AvgIpc) is 2.05. The summed E-state index contributed by atoms with van der Waals surface area (Å²) in [7, 11) is 5.44. The number of rotatable bonds is 2. The number of nitrogens with zero attached hydrogens (tertiary/aromatic N) is 1. The lowest BCUT2D eigenvalue weighted by atomic mass is 9.97. The average molecular weight is 161 g/mol. The Kier molecular flexibility index (Phi) is 2.85. The Balaban J connectivity index is 2.81. The molecule has 0 unspecified atom stereocenters. The van der Waals surface area contributed by atoms with E-state index in [1.165, 1.54) is 12.3 Å². The molecule has 0 aliphatic heterocycles. The molecule has 60 valence electrons. The van der Waals surface area contributed by atoms with Gasteiger partial charge in [0.25, 0.3) is 0 Å². The van der Waals surface area contributed by atoms with Crippen LogP contribution in [0.5, 0.6) is 0 Å². The van der Waals surface area contributed by atoms with Crippen LogP contribution in [0.2, 0.25) is 0 Å². The van der Waals surface area contributed by atoms with Crippen molar-refractivity contribution in [2.24, 2.45) is 0 Å². The van der Waals surface area contributed by atoms with Crippen LogP contribution in [-0.2, 0) is 4.74 Å². The lowest BCUT2D eigenvalue weighted by Crippen LogP contribution is -2.11. The van der Waals surface area contributed by atoms with Crippen molar-refractivity contribution in [3.05, 3.63) is 24.0 Å². The Labute approximate surface area is 72.2 Å². The predicted octanol–water partition coefficient (Wildman–Crippen LogP) is 0.0521. The first-order valence-electron chi connectivity index (χ1n) is 3.62. The van der Waals surface area contributed by atoms with E-state index in [9.17, 15) is 4.79 Å². The van der Waals surface area contributed by atoms with Crippen LogP contribution in [0.15, 0.2) is 18.3 Å². The normalized spacial score (nSPS) is 9.42. The van der Waals surface area contributed by atoms with Crippen molar-refractivity contribution in [3.63, 3.8) is 0 Å². The number of hydrogen-bond acceptors (Lipinski definition) is 3. The molecule has 1 aromatic heterocycles. The minimum Gasteiger partial charge on any atom is -0.461 e. The van der Waals surface area contributed by atoms with Gasteiger partial charge >= 0.3 is 5.97 Å². The maximum atomic E-state index is 11.1. The van der Waals surface area contributed by atoms with Gasteiger partial charge in [-0.3, -0.25) is 0 Å². The van der Waals surface area contributed by atoms with Gasteiger partial charge in [-0.1, -0.05) is 11.5 Å². The van der Waals surface area contributed by atoms with E-state index in [-0.39, 0.29) is 5.69 Å². The zero-order valence-corrected chi connectivity index (χ0v) is 6.78. The lowest BCUT2D eigenvalue weighted by Gasteiger charge is -2.00. The third-order valence-electron chi connectivity index (χ3n) is 1.27. The third kappa shape index (κ3) is 2.08. The molecule has 4 heteroatoms. The van der Waals surface area contributed by atoms with Gasteiger partial charge < -0.3 is 4.74 Å². The van der Waals surface area contributed by atoms with E-state index in [1.807, 2.05) is 0 Å². The van der Waals surface area contributed by atoms with Crippen molar-refractivity contribution < 1.29 is 9.53 Å². The maximum absolute atomic E-state index is 11.1. The van der Waals surface area contributed by atoms with Crippen molar-refractivity contribution in [1.82, 2.24) is 4.98 Å². The zero-order chi connectivity index (χ0) is 8.97. The standard InChI is InChI=1S/C8H8BNO2/c1-2-12-8(11)7-5-6(9)3-4-10-7/h3-5H,2H2,1H3. The Bertz CT molecular complexity index is 288. The molecule has 0 aliphatic rings. The van der Waals surface area contributed by atoms with E-state index in [0.717, 1.165) is 0 Å². The molecule has 1 rings (SSSR count). The predicted molar refractivity (Wildman–Crippen MR) is 45.6 cm³/mol. The molecule has 0 aromatic carbocycles. The molecular formula is C8H8BNO2. The first-order valence-corrected chi connectivity index (χ1v) is 3.62. The van der Waals surface area contributed by atoms with Gasteiger partial charge in [-0.05, 0) is 13.0 Å². The number of hydrogen-bond donors (Lipinski definition) is 0. The summed E-state index contributed by atoms with van der Waals surface area (Å²) in [4.78, 5) is 14.9. The molecular weight excluding hydrogens is 153 g/mol. The summed E-state index contributed by atoms with van der Waals surface area (Å²) >= 11 is 0. The van der Waals surface area contributed by atoms with Crippen molar-refractivity contribution in [1.29, 1.82) is 0 Å². The molecule has 12 heavy (non-hydrogen) atoms. The molecule has 0 fully saturated rings. The van der Waals surface area contributed by atoms with E-state index >= 15 is 0 Å². The topological polar surface area (TPSA) is 39.2 Å². The van der Waals surface area contributed by atoms with E-state index < -0.39 is 5.97 Å². The Morgan fingerprint density at radius 2 is 2.50 bits per heavy atom. The van der Waals surface area contributed by atoms with Gasteiger partial charge in [0.15, 0.2) is 0 Å². The summed E-state index contributed by atoms with van der Waals surface area (Å²) in [6.07, 6.45) is 1.47. The van der Waals surface area contributed by atoms with E-state index in [1.54, 1.807) is 13.0 Å². The zero-order valence-electron chi connectivity index (χ0n) is 6.78. The molecule has 1 heterocycles. The van der Waals surface area contributed by atoms with Crippen LogP contribution in [0.3, 0.4) is 0 Å². The van der Waals surface area contributed by atoms with Gasteiger partial charge in [-0.15, -0.1) is 0 Å². The Hall–Kier alpha value is -1.32. The second-order valence-corrected chi connectivity index (χ2v) is 2.19. The maximum Gasteiger partial charge on any atom is 0.356 e. The SMILES string of the molecule is [B]c1ccnc(C(=O)OCC)c1. The van der Waals surface area contributed by atoms with Gasteiger partial charge in [-0.2, -0.15) is 0 Å². The van der Waals surface area contributed by atoms with E-state index in [2.05, 4.69) is 4.98 Å². The first-order chi connectivity index (χ1) is 5.74. The van der Waals surface area contributed by atoms with Crippen LogP contribution in [-0.4, -0.2) is 25.4 Å². The highest BCUT2D eigenvalue weighted by Gasteiger charge is 2.06. The number of aromatic nitrogens is 1. The summed E-state index contributed by atoms with van der Waals surface area (Å²) in [6, 6.07) is 3.10. The molecule has 3 nitrogen and oxygen atoms in total. The van der Waals surface area contributed by atoms with Crippen molar-refractivity contribution in [2.45, 2.75) is 6.92 Å². The highest BCUT2D eigenvalue weighted by Crippen LogP contribution is 1.93. The van der Waals surface area contributed by atoms with Crippen molar-refractivity contribution in [2.75, 3.05) is 6.61 Å². The van der Waals surface area contributed by atoms with E-state index in [4.69, 9.17) is 12.6 Å². The summed E-state index contributed by atoms with van der Waals surface area (Å²) in [5, 5.41) is 0. The number of esters is 1. The highest BCUT2D eigenvalue weighted by molar-refractivity contribution is 6.32. The fourth-order valence-electron chi connectivity index (χ4n) is 0.764. The largest absolute Gasteiger partial charge is 0.461 e. The van der Waals surface area contributed by atoms with Crippen molar-refractivity contribution >= 4 is 19.3 Å². The number of ether oxygens (including phenoxy) is 1. The quantitative estimate of drug-likeness (QED) is 0.454. The number of carbonyl (C=O) groups is 1. The number of pyridine rings is 1. The van der Waals surface area contributed by atoms with Gasteiger partial charge in [-0.25, -0.2) is 9.78 Å². The molecule has 0 saturated heterocycles. The van der Waals surface area contributed by atoms with Crippen LogP contribution in [0.25, 0.3) is 0 Å². The van der Waals surface area contributed by atoms with Crippen LogP contribution >= 0.6 is 0 Å². The molecule has 0 amide bonds. The summed E-state index contributed by atoms with van der Waals surface area (Å²) in [5.41, 5.74) is 0.755. The molecule has 0 aliphatic carbocycles. The summed E-state index contributed by atoms with van der Waals surface area (Å²) < 4.78 is 4.73. The van der Waals surface area contributed by atoms with E-state index in [0.29, 0.717) is 12.1 Å². The number of carbonyl (C=O) groups excluding carboxylic acids is 1. The molecule has 0 N–H and O–H groups in total. The minimum atomic E-state index is -0.440. The van der Waals surface area contributed by atoms with Crippen LogP contribution in [0.1, 0.15) is 17.4 Å². The lowest BCUT2D eigenvalue weighted by molar-refractivity contribution is 0.0519. The van der Waals surface area contributed by atoms with Gasteiger partial charge in [0.05, 0.1) is 6.61 Å². The monoisotopic (exact) mass is 161 g/mol. The fourth-order valence-corrected chi connectivity index (χ4v) is 0.764. The molecule has 2 radical (unpaired) electrons. The Morgan fingerprint density at radius 1 is 1.75 bits per heavy atom. The second kappa shape index (κ2) is 3.90. The fraction of sp³-hybridized carbons (Fsp3) is 0.250. The second-order valence-electron chi connectivity index (χ2n) is 2.19. The van der Waals surface area contributed by atoms with Gasteiger partial charge in [0.2, 0.25) is 0 Å². The minimum absolute atomic E-state index is 0.247. The highest BCUT2D eigenvalue weighted by atomic mass is 16.5. The Morgan fingerprint density at radius 3 is 3.08 bits per heavy atom. The van der Waals surface area contributed by atoms with Crippen LogP contribution in [0, 0.1) is 0 Å². The molecule has 0 bridgehead atoms. The smallest absolute Gasteiger partial charge is 0.356 e. The van der Waals surface area contributed by atoms with Crippen LogP contribution < -0.4 is 5.46 Å². The summed E-state index contributed by atoms with van der Waals surface area (Å²) in [5.74, 6) is -0.440. The third-order valence-corrected chi connectivity index (χ3v) is 1.27. The van der Waals surface area contributed by atoms with Gasteiger partial charge in [0, 0.05) is 6.20 Å². The first kappa shape index (κ1) is 8.78. The molecule has 1 aromatic rings. The summed E-state index contributed by atoms with van der Waals surface area (Å²) in [6.45, 7) is 2.08. The molecule has 0 saturated carbocycles. The van der Waals surface area contributed by atoms with Gasteiger partial charge in [0.1, 0.15) is 13.5 Å². The van der Waals surface area contributed by atoms with Crippen LogP contribution in [0.4, 0.5) is 0 Å².